The lowest BCUT2D eigenvalue weighted by atomic mass is 9.69. The van der Waals surface area contributed by atoms with Gasteiger partial charge in [0.25, 0.3) is 0 Å². The average molecular weight is 268 g/mol. The van der Waals surface area contributed by atoms with Crippen LogP contribution in [0.2, 0.25) is 0 Å². The summed E-state index contributed by atoms with van der Waals surface area (Å²) in [5.74, 6) is 1.62. The zero-order valence-electron chi connectivity index (χ0n) is 13.3. The van der Waals surface area contributed by atoms with Crippen molar-refractivity contribution in [1.29, 1.82) is 0 Å². The highest BCUT2D eigenvalue weighted by Crippen LogP contribution is 2.42. The Kier molecular flexibility index (Phi) is 10.2. The van der Waals surface area contributed by atoms with Crippen LogP contribution >= 0.6 is 0 Å². The van der Waals surface area contributed by atoms with Gasteiger partial charge in [-0.05, 0) is 44.4 Å². The van der Waals surface area contributed by atoms with E-state index >= 15 is 0 Å². The van der Waals surface area contributed by atoms with Crippen molar-refractivity contribution in [2.45, 2.75) is 81.1 Å². The molecule has 1 saturated carbocycles. The molecule has 1 unspecified atom stereocenters. The summed E-state index contributed by atoms with van der Waals surface area (Å²) in [6.07, 6.45) is 5.09. The lowest BCUT2D eigenvalue weighted by Gasteiger charge is -2.33. The highest BCUT2D eigenvalue weighted by Gasteiger charge is 2.39. The van der Waals surface area contributed by atoms with Crippen molar-refractivity contribution in [1.82, 2.24) is 0 Å². The maximum absolute atomic E-state index is 12.3. The van der Waals surface area contributed by atoms with Gasteiger partial charge in [-0.25, -0.2) is 0 Å². The summed E-state index contributed by atoms with van der Waals surface area (Å²) in [6.45, 7) is 16.7. The first-order chi connectivity index (χ1) is 8.36. The summed E-state index contributed by atoms with van der Waals surface area (Å²) in [5.41, 5.74) is 1.09. The number of Topliss-reactive ketones (excluding diaryl/α,β-unsaturated/α-hetero) is 1. The number of hydrogen-bond acceptors (Lipinski definition) is 1. The molecule has 19 heavy (non-hydrogen) atoms. The summed E-state index contributed by atoms with van der Waals surface area (Å²) >= 11 is 0. The van der Waals surface area contributed by atoms with Crippen LogP contribution in [-0.4, -0.2) is 5.78 Å². The first-order valence-electron chi connectivity index (χ1n) is 7.54. The fourth-order valence-corrected chi connectivity index (χ4v) is 2.76. The fraction of sp³-hybridized carbons (Fsp3) is 0.833. The Labute approximate surface area is 121 Å². The number of rotatable bonds is 3. The molecule has 0 bridgehead atoms. The topological polar surface area (TPSA) is 17.1 Å². The third-order valence-corrected chi connectivity index (χ3v) is 4.40. The van der Waals surface area contributed by atoms with E-state index < -0.39 is 0 Å². The Morgan fingerprint density at radius 1 is 1.42 bits per heavy atom. The molecule has 0 aromatic heterocycles. The molecule has 0 aromatic rings. The summed E-state index contributed by atoms with van der Waals surface area (Å²) in [6, 6.07) is 0. The van der Waals surface area contributed by atoms with E-state index in [9.17, 15) is 4.79 Å². The molecule has 1 nitrogen and oxygen atoms in total. The normalized spacial score (nSPS) is 28.3. The minimum Gasteiger partial charge on any atom is -0.299 e. The quantitative estimate of drug-likeness (QED) is 0.450. The molecule has 0 N–H and O–H groups in total. The maximum Gasteiger partial charge on any atom is 0.139 e. The third kappa shape index (κ3) is 5.93. The predicted octanol–water partition coefficient (Wildman–Crippen LogP) is 6.04. The Bertz CT molecular complexity index is 279. The van der Waals surface area contributed by atoms with Gasteiger partial charge in [0.05, 0.1) is 0 Å². The second-order valence-corrected chi connectivity index (χ2v) is 6.09. The fourth-order valence-electron chi connectivity index (χ4n) is 2.76. The molecule has 0 aromatic carbocycles. The second-order valence-electron chi connectivity index (χ2n) is 6.09. The van der Waals surface area contributed by atoms with E-state index in [0.29, 0.717) is 17.6 Å². The molecule has 1 aliphatic rings. The van der Waals surface area contributed by atoms with Crippen LogP contribution in [0.4, 0.5) is 0 Å². The molecule has 0 aliphatic heterocycles. The molecule has 3 atom stereocenters. The number of carbonyl (C=O) groups excluding carboxylic acids is 1. The maximum atomic E-state index is 12.3. The third-order valence-electron chi connectivity index (χ3n) is 4.40. The van der Waals surface area contributed by atoms with Crippen LogP contribution in [0.3, 0.4) is 0 Å². The van der Waals surface area contributed by atoms with Crippen LogP contribution in [0.25, 0.3) is 0 Å². The van der Waals surface area contributed by atoms with E-state index in [-0.39, 0.29) is 12.8 Å². The van der Waals surface area contributed by atoms with Crippen LogP contribution < -0.4 is 0 Å². The van der Waals surface area contributed by atoms with E-state index in [0.717, 1.165) is 25.7 Å². The monoisotopic (exact) mass is 268 g/mol. The van der Waals surface area contributed by atoms with Gasteiger partial charge in [0.2, 0.25) is 0 Å². The molecule has 0 amide bonds. The van der Waals surface area contributed by atoms with Gasteiger partial charge in [-0.1, -0.05) is 47.6 Å². The Hall–Kier alpha value is -0.590. The first-order valence-corrected chi connectivity index (χ1v) is 7.54. The summed E-state index contributed by atoms with van der Waals surface area (Å²) in [5, 5.41) is 0. The zero-order chi connectivity index (χ0) is 14.3. The van der Waals surface area contributed by atoms with Gasteiger partial charge in [-0.3, -0.25) is 4.79 Å². The number of allylic oxidation sites excluding steroid dienone is 1. The molecule has 1 heteroatoms. The smallest absolute Gasteiger partial charge is 0.139 e. The average Bonchev–Trinajstić information content (AvgIpc) is 2.45. The van der Waals surface area contributed by atoms with Gasteiger partial charge in [0.15, 0.2) is 0 Å². The lowest BCUT2D eigenvalue weighted by molar-refractivity contribution is -0.130. The van der Waals surface area contributed by atoms with Gasteiger partial charge in [-0.15, -0.1) is 6.58 Å². The standard InChI is InChI=1S/C15H26O.C2H6.CH4/c1-11(2)10-13(4)15(5)9-8-12(3)6-7-14(15)16;1-2;/h12-13H,1,6-10H2,2-5H3;1-2H3;1H4/t12?,13-,15+;;/m1../s1. The minimum absolute atomic E-state index is 0. The van der Waals surface area contributed by atoms with Crippen molar-refractivity contribution in [3.8, 4) is 0 Å². The molecule has 114 valence electrons. The number of hydrogen-bond donors (Lipinski definition) is 0. The summed E-state index contributed by atoms with van der Waals surface area (Å²) in [7, 11) is 0. The van der Waals surface area contributed by atoms with Gasteiger partial charge < -0.3 is 0 Å². The molecular weight excluding hydrogens is 232 g/mol. The van der Waals surface area contributed by atoms with Crippen molar-refractivity contribution in [2.24, 2.45) is 17.3 Å². The van der Waals surface area contributed by atoms with Crippen LogP contribution in [0, 0.1) is 17.3 Å². The first kappa shape index (κ1) is 20.7. The van der Waals surface area contributed by atoms with Crippen LogP contribution in [0.15, 0.2) is 12.2 Å². The lowest BCUT2D eigenvalue weighted by Crippen LogP contribution is -2.33. The van der Waals surface area contributed by atoms with Crippen molar-refractivity contribution < 1.29 is 4.79 Å². The van der Waals surface area contributed by atoms with Crippen LogP contribution in [0.1, 0.15) is 81.1 Å². The highest BCUT2D eigenvalue weighted by atomic mass is 16.1. The highest BCUT2D eigenvalue weighted by molar-refractivity contribution is 5.85. The van der Waals surface area contributed by atoms with Crippen molar-refractivity contribution in [2.75, 3.05) is 0 Å². The number of carbonyl (C=O) groups is 1. The van der Waals surface area contributed by atoms with E-state index in [1.54, 1.807) is 0 Å². The van der Waals surface area contributed by atoms with E-state index in [2.05, 4.69) is 34.3 Å². The largest absolute Gasteiger partial charge is 0.299 e. The van der Waals surface area contributed by atoms with Crippen LogP contribution in [-0.2, 0) is 4.79 Å². The van der Waals surface area contributed by atoms with Gasteiger partial charge in [0.1, 0.15) is 5.78 Å². The van der Waals surface area contributed by atoms with Gasteiger partial charge in [0, 0.05) is 11.8 Å². The van der Waals surface area contributed by atoms with E-state index in [4.69, 9.17) is 0 Å². The summed E-state index contributed by atoms with van der Waals surface area (Å²) in [4.78, 5) is 12.3. The van der Waals surface area contributed by atoms with Crippen molar-refractivity contribution in [3.05, 3.63) is 12.2 Å². The molecular formula is C18H36O. The molecule has 1 fully saturated rings. The predicted molar refractivity (Wildman–Crippen MR) is 87.4 cm³/mol. The van der Waals surface area contributed by atoms with Gasteiger partial charge in [-0.2, -0.15) is 0 Å². The molecule has 0 radical (unpaired) electrons. The Morgan fingerprint density at radius 2 is 1.95 bits per heavy atom. The van der Waals surface area contributed by atoms with Gasteiger partial charge >= 0.3 is 0 Å². The van der Waals surface area contributed by atoms with Crippen LogP contribution in [0.5, 0.6) is 0 Å². The van der Waals surface area contributed by atoms with Crippen molar-refractivity contribution in [3.63, 3.8) is 0 Å². The minimum atomic E-state index is -0.107. The van der Waals surface area contributed by atoms with Crippen molar-refractivity contribution >= 4 is 5.78 Å². The molecule has 0 saturated heterocycles. The molecule has 0 heterocycles. The SMILES string of the molecule is C.C=C(C)C[C@@H](C)[C@]1(C)CCC(C)CCC1=O.CC. The summed E-state index contributed by atoms with van der Waals surface area (Å²) < 4.78 is 0. The molecule has 0 spiro atoms. The number of ketones is 1. The van der Waals surface area contributed by atoms with E-state index in [1.807, 2.05) is 13.8 Å². The molecule has 1 rings (SSSR count). The Balaban J connectivity index is 0. The second kappa shape index (κ2) is 9.34. The zero-order valence-corrected chi connectivity index (χ0v) is 13.3. The molecule has 1 aliphatic carbocycles. The van der Waals surface area contributed by atoms with E-state index in [1.165, 1.54) is 12.0 Å². The Morgan fingerprint density at radius 3 is 2.42 bits per heavy atom.